The summed E-state index contributed by atoms with van der Waals surface area (Å²) in [6, 6.07) is 0.743. The highest BCUT2D eigenvalue weighted by Crippen LogP contribution is 2.15. The lowest BCUT2D eigenvalue weighted by Gasteiger charge is -2.17. The van der Waals surface area contributed by atoms with E-state index in [-0.39, 0.29) is 0 Å². The summed E-state index contributed by atoms with van der Waals surface area (Å²) >= 11 is 0. The number of hydrogen-bond acceptors (Lipinski definition) is 2. The molecule has 1 fully saturated rings. The van der Waals surface area contributed by atoms with Crippen molar-refractivity contribution in [2.24, 2.45) is 5.92 Å². The summed E-state index contributed by atoms with van der Waals surface area (Å²) < 4.78 is 5.38. The minimum absolute atomic E-state index is 0.743. The molecule has 1 rings (SSSR count). The minimum Gasteiger partial charge on any atom is -0.381 e. The highest BCUT2D eigenvalue weighted by molar-refractivity contribution is 4.69. The first-order chi connectivity index (χ1) is 7.36. The van der Waals surface area contributed by atoms with Gasteiger partial charge >= 0.3 is 0 Å². The van der Waals surface area contributed by atoms with E-state index in [1.165, 1.54) is 45.1 Å². The normalized spacial score (nSPS) is 23.2. The minimum atomic E-state index is 0.743. The maximum Gasteiger partial charge on any atom is 0.0495 e. The Morgan fingerprint density at radius 1 is 1.40 bits per heavy atom. The Balaban J connectivity index is 2.00. The van der Waals surface area contributed by atoms with Crippen LogP contribution >= 0.6 is 0 Å². The Bertz CT molecular complexity index is 143. The third kappa shape index (κ3) is 5.53. The van der Waals surface area contributed by atoms with Crippen molar-refractivity contribution in [2.75, 3.05) is 19.8 Å². The molecule has 90 valence electrons. The molecule has 0 bridgehead atoms. The van der Waals surface area contributed by atoms with Crippen LogP contribution in [0.2, 0.25) is 0 Å². The molecule has 2 nitrogen and oxygen atoms in total. The standard InChI is InChI=1S/C13H27NO/c1-3-5-6-13(4-2)14-9-7-12-8-10-15-11-12/h12-14H,3-11H2,1-2H3. The van der Waals surface area contributed by atoms with E-state index in [9.17, 15) is 0 Å². The largest absolute Gasteiger partial charge is 0.381 e. The lowest BCUT2D eigenvalue weighted by atomic mass is 10.0. The maximum absolute atomic E-state index is 5.38. The molecule has 15 heavy (non-hydrogen) atoms. The van der Waals surface area contributed by atoms with Crippen LogP contribution in [-0.2, 0) is 4.74 Å². The van der Waals surface area contributed by atoms with Crippen LogP contribution in [0, 0.1) is 5.92 Å². The second-order valence-electron chi connectivity index (χ2n) is 4.72. The van der Waals surface area contributed by atoms with Crippen LogP contribution in [0.15, 0.2) is 0 Å². The van der Waals surface area contributed by atoms with Gasteiger partial charge in [0.05, 0.1) is 0 Å². The molecule has 1 N–H and O–H groups in total. The monoisotopic (exact) mass is 213 g/mol. The SMILES string of the molecule is CCCCC(CC)NCCC1CCOC1. The molecule has 2 unspecified atom stereocenters. The molecular weight excluding hydrogens is 186 g/mol. The average Bonchev–Trinajstić information content (AvgIpc) is 2.76. The first kappa shape index (κ1) is 13.0. The number of nitrogens with one attached hydrogen (secondary N) is 1. The van der Waals surface area contributed by atoms with E-state index in [4.69, 9.17) is 4.74 Å². The van der Waals surface area contributed by atoms with Crippen molar-refractivity contribution >= 4 is 0 Å². The molecule has 0 radical (unpaired) electrons. The molecule has 1 aliphatic rings. The van der Waals surface area contributed by atoms with Gasteiger partial charge in [-0.05, 0) is 38.1 Å². The summed E-state index contributed by atoms with van der Waals surface area (Å²) in [6.45, 7) is 7.70. The summed E-state index contributed by atoms with van der Waals surface area (Å²) in [4.78, 5) is 0. The lowest BCUT2D eigenvalue weighted by Crippen LogP contribution is -2.30. The molecule has 1 aliphatic heterocycles. The van der Waals surface area contributed by atoms with Crippen molar-refractivity contribution in [1.82, 2.24) is 5.32 Å². The molecule has 2 heteroatoms. The third-order valence-corrected chi connectivity index (χ3v) is 3.41. The summed E-state index contributed by atoms with van der Waals surface area (Å²) in [5.74, 6) is 0.821. The molecule has 2 atom stereocenters. The van der Waals surface area contributed by atoms with Crippen LogP contribution < -0.4 is 5.32 Å². The second kappa shape index (κ2) is 8.12. The van der Waals surface area contributed by atoms with Gasteiger partial charge in [-0.25, -0.2) is 0 Å². The van der Waals surface area contributed by atoms with E-state index in [1.807, 2.05) is 0 Å². The van der Waals surface area contributed by atoms with Crippen LogP contribution in [0.4, 0.5) is 0 Å². The Kier molecular flexibility index (Phi) is 7.03. The van der Waals surface area contributed by atoms with Gasteiger partial charge in [-0.1, -0.05) is 26.7 Å². The van der Waals surface area contributed by atoms with Gasteiger partial charge in [-0.2, -0.15) is 0 Å². The van der Waals surface area contributed by atoms with Crippen molar-refractivity contribution in [3.8, 4) is 0 Å². The molecular formula is C13H27NO. The van der Waals surface area contributed by atoms with Gasteiger partial charge in [0.1, 0.15) is 0 Å². The van der Waals surface area contributed by atoms with Crippen molar-refractivity contribution in [3.63, 3.8) is 0 Å². The van der Waals surface area contributed by atoms with Gasteiger partial charge in [-0.15, -0.1) is 0 Å². The van der Waals surface area contributed by atoms with Crippen molar-refractivity contribution in [2.45, 2.75) is 58.4 Å². The fraction of sp³-hybridized carbons (Fsp3) is 1.00. The fourth-order valence-corrected chi connectivity index (χ4v) is 2.20. The number of ether oxygens (including phenoxy) is 1. The van der Waals surface area contributed by atoms with E-state index in [0.29, 0.717) is 0 Å². The Hall–Kier alpha value is -0.0800. The average molecular weight is 213 g/mol. The number of hydrogen-bond donors (Lipinski definition) is 1. The van der Waals surface area contributed by atoms with Gasteiger partial charge in [-0.3, -0.25) is 0 Å². The maximum atomic E-state index is 5.38. The predicted octanol–water partition coefficient (Wildman–Crippen LogP) is 2.97. The first-order valence-corrected chi connectivity index (χ1v) is 6.68. The first-order valence-electron chi connectivity index (χ1n) is 6.68. The zero-order chi connectivity index (χ0) is 10.9. The highest BCUT2D eigenvalue weighted by atomic mass is 16.5. The second-order valence-corrected chi connectivity index (χ2v) is 4.72. The van der Waals surface area contributed by atoms with Crippen LogP contribution in [0.3, 0.4) is 0 Å². The topological polar surface area (TPSA) is 21.3 Å². The summed E-state index contributed by atoms with van der Waals surface area (Å²) in [5, 5.41) is 3.68. The van der Waals surface area contributed by atoms with E-state index < -0.39 is 0 Å². The highest BCUT2D eigenvalue weighted by Gasteiger charge is 2.15. The predicted molar refractivity (Wildman–Crippen MR) is 65.1 cm³/mol. The number of rotatable bonds is 8. The van der Waals surface area contributed by atoms with Crippen molar-refractivity contribution in [1.29, 1.82) is 0 Å². The molecule has 0 aromatic rings. The van der Waals surface area contributed by atoms with Crippen LogP contribution in [0.25, 0.3) is 0 Å². The molecule has 0 spiro atoms. The Morgan fingerprint density at radius 2 is 2.27 bits per heavy atom. The van der Waals surface area contributed by atoms with Gasteiger partial charge in [0.2, 0.25) is 0 Å². The molecule has 1 saturated heterocycles. The van der Waals surface area contributed by atoms with Gasteiger partial charge in [0.15, 0.2) is 0 Å². The summed E-state index contributed by atoms with van der Waals surface area (Å²) in [7, 11) is 0. The van der Waals surface area contributed by atoms with E-state index >= 15 is 0 Å². The van der Waals surface area contributed by atoms with Gasteiger partial charge in [0.25, 0.3) is 0 Å². The Morgan fingerprint density at radius 3 is 2.87 bits per heavy atom. The van der Waals surface area contributed by atoms with E-state index in [0.717, 1.165) is 25.2 Å². The molecule has 0 aromatic carbocycles. The van der Waals surface area contributed by atoms with Crippen molar-refractivity contribution < 1.29 is 4.74 Å². The molecule has 0 saturated carbocycles. The molecule has 1 heterocycles. The van der Waals surface area contributed by atoms with Crippen LogP contribution in [-0.4, -0.2) is 25.8 Å². The zero-order valence-electron chi connectivity index (χ0n) is 10.4. The summed E-state index contributed by atoms with van der Waals surface area (Å²) in [6.07, 6.45) is 7.85. The molecule has 0 aliphatic carbocycles. The smallest absolute Gasteiger partial charge is 0.0495 e. The van der Waals surface area contributed by atoms with Gasteiger partial charge < -0.3 is 10.1 Å². The van der Waals surface area contributed by atoms with Crippen molar-refractivity contribution in [3.05, 3.63) is 0 Å². The summed E-state index contributed by atoms with van der Waals surface area (Å²) in [5.41, 5.74) is 0. The zero-order valence-corrected chi connectivity index (χ0v) is 10.4. The van der Waals surface area contributed by atoms with Crippen LogP contribution in [0.5, 0.6) is 0 Å². The number of unbranched alkanes of at least 4 members (excludes halogenated alkanes) is 1. The van der Waals surface area contributed by atoms with Crippen LogP contribution in [0.1, 0.15) is 52.4 Å². The fourth-order valence-electron chi connectivity index (χ4n) is 2.20. The molecule has 0 aromatic heterocycles. The molecule has 0 amide bonds. The Labute approximate surface area is 94.8 Å². The quantitative estimate of drug-likeness (QED) is 0.669. The van der Waals surface area contributed by atoms with Gasteiger partial charge in [0, 0.05) is 19.3 Å². The van der Waals surface area contributed by atoms with E-state index in [2.05, 4.69) is 19.2 Å². The third-order valence-electron chi connectivity index (χ3n) is 3.41. The van der Waals surface area contributed by atoms with E-state index in [1.54, 1.807) is 0 Å². The lowest BCUT2D eigenvalue weighted by molar-refractivity contribution is 0.184.